The topological polar surface area (TPSA) is 86.5 Å². The lowest BCUT2D eigenvalue weighted by Crippen LogP contribution is -2.17. The molecule has 0 spiro atoms. The first-order valence-corrected chi connectivity index (χ1v) is 10.5. The van der Waals surface area contributed by atoms with Gasteiger partial charge in [-0.05, 0) is 54.4 Å². The fourth-order valence-corrected chi connectivity index (χ4v) is 3.31. The molecule has 4 aromatic rings. The van der Waals surface area contributed by atoms with Crippen molar-refractivity contribution < 1.29 is 32.5 Å². The molecule has 1 aromatic heterocycles. The largest absolute Gasteiger partial charge is 0.573 e. The molecule has 36 heavy (non-hydrogen) atoms. The van der Waals surface area contributed by atoms with Crippen LogP contribution < -0.4 is 4.74 Å². The third kappa shape index (κ3) is 6.84. The van der Waals surface area contributed by atoms with Crippen LogP contribution in [0.3, 0.4) is 0 Å². The second-order valence-electron chi connectivity index (χ2n) is 7.65. The number of ether oxygens (including phenoxy) is 2. The fraction of sp³-hybridized carbons (Fsp3) is 0.192. The number of rotatable bonds is 7. The van der Waals surface area contributed by atoms with Gasteiger partial charge < -0.3 is 14.6 Å². The molecule has 0 aliphatic heterocycles. The van der Waals surface area contributed by atoms with Crippen molar-refractivity contribution in [3.8, 4) is 28.6 Å². The maximum Gasteiger partial charge on any atom is 0.573 e. The number of nitrogens with zero attached hydrogens (tertiary/aromatic N) is 3. The summed E-state index contributed by atoms with van der Waals surface area (Å²) in [7, 11) is 0. The summed E-state index contributed by atoms with van der Waals surface area (Å²) in [6.07, 6.45) is -3.68. The van der Waals surface area contributed by atoms with E-state index in [1.807, 2.05) is 0 Å². The van der Waals surface area contributed by atoms with Gasteiger partial charge in [-0.3, -0.25) is 4.79 Å². The Hall–Kier alpha value is -4.34. The van der Waals surface area contributed by atoms with Gasteiger partial charge in [0.25, 0.3) is 0 Å². The molecule has 188 valence electrons. The highest BCUT2D eigenvalue weighted by atomic mass is 19.4. The molecule has 0 radical (unpaired) electrons. The Labute approximate surface area is 205 Å². The van der Waals surface area contributed by atoms with Gasteiger partial charge >= 0.3 is 12.3 Å². The van der Waals surface area contributed by atoms with Crippen molar-refractivity contribution in [1.82, 2.24) is 14.8 Å². The molecule has 0 bridgehead atoms. The summed E-state index contributed by atoms with van der Waals surface area (Å²) < 4.78 is 47.7. The molecule has 0 saturated carbocycles. The van der Waals surface area contributed by atoms with Crippen molar-refractivity contribution in [2.24, 2.45) is 0 Å². The number of carbonyl (C=O) groups is 1. The van der Waals surface area contributed by atoms with Gasteiger partial charge in [-0.2, -0.15) is 0 Å². The van der Waals surface area contributed by atoms with Gasteiger partial charge in [0.2, 0.25) is 0 Å². The lowest BCUT2D eigenvalue weighted by Gasteiger charge is -2.13. The van der Waals surface area contributed by atoms with E-state index in [4.69, 9.17) is 4.74 Å². The fourth-order valence-electron chi connectivity index (χ4n) is 3.31. The zero-order chi connectivity index (χ0) is 25.0. The molecule has 10 heteroatoms. The zero-order valence-corrected chi connectivity index (χ0v) is 18.4. The smallest absolute Gasteiger partial charge is 0.508 e. The molecule has 0 aliphatic carbocycles. The van der Waals surface area contributed by atoms with Gasteiger partial charge in [-0.25, -0.2) is 9.67 Å². The van der Waals surface area contributed by atoms with Crippen LogP contribution in [0.25, 0.3) is 17.1 Å². The molecule has 0 aliphatic rings. The second kappa shape index (κ2) is 10.9. The Bertz CT molecular complexity index is 1290. The SMILES string of the molecule is C.CC(OC(=O)Cc1ccc(-c2ncn(-c3ccc(OC(F)(F)F)cc3)n2)cc1)c1ccc(O)cc1. The van der Waals surface area contributed by atoms with Gasteiger partial charge in [0.05, 0.1) is 12.1 Å². The van der Waals surface area contributed by atoms with Crippen LogP contribution in [0.15, 0.2) is 79.1 Å². The number of hydrogen-bond donors (Lipinski definition) is 1. The average molecular weight is 499 g/mol. The van der Waals surface area contributed by atoms with Crippen molar-refractivity contribution in [1.29, 1.82) is 0 Å². The van der Waals surface area contributed by atoms with Crippen molar-refractivity contribution >= 4 is 5.97 Å². The predicted molar refractivity (Wildman–Crippen MR) is 127 cm³/mol. The van der Waals surface area contributed by atoms with E-state index < -0.39 is 18.4 Å². The minimum absolute atomic E-state index is 0. The predicted octanol–water partition coefficient (Wildman–Crippen LogP) is 6.02. The number of benzene rings is 3. The van der Waals surface area contributed by atoms with E-state index in [-0.39, 0.29) is 25.3 Å². The third-order valence-electron chi connectivity index (χ3n) is 5.06. The normalized spacial score (nSPS) is 11.9. The molecule has 0 amide bonds. The minimum Gasteiger partial charge on any atom is -0.508 e. The number of carbonyl (C=O) groups excluding carboxylic acids is 1. The molecular formula is C26H24F3N3O4. The molecule has 3 aromatic carbocycles. The average Bonchev–Trinajstić information content (AvgIpc) is 3.29. The maximum absolute atomic E-state index is 12.3. The molecule has 7 nitrogen and oxygen atoms in total. The number of hydrogen-bond acceptors (Lipinski definition) is 6. The summed E-state index contributed by atoms with van der Waals surface area (Å²) in [6, 6.07) is 18.8. The molecule has 1 atom stereocenters. The van der Waals surface area contributed by atoms with Crippen LogP contribution in [0.2, 0.25) is 0 Å². The van der Waals surface area contributed by atoms with Crippen LogP contribution in [0.4, 0.5) is 13.2 Å². The van der Waals surface area contributed by atoms with Crippen molar-refractivity contribution in [2.75, 3.05) is 0 Å². The van der Waals surface area contributed by atoms with Crippen molar-refractivity contribution in [2.45, 2.75) is 33.2 Å². The van der Waals surface area contributed by atoms with Crippen molar-refractivity contribution in [3.63, 3.8) is 0 Å². The minimum atomic E-state index is -4.75. The number of phenolic OH excluding ortho intramolecular Hbond substituents is 1. The van der Waals surface area contributed by atoms with Crippen LogP contribution >= 0.6 is 0 Å². The summed E-state index contributed by atoms with van der Waals surface area (Å²) in [5.41, 5.74) is 2.74. The first-order chi connectivity index (χ1) is 16.7. The summed E-state index contributed by atoms with van der Waals surface area (Å²) in [5, 5.41) is 13.7. The standard InChI is InChI=1S/C25H20F3N3O4.CH4/c1-16(18-6-10-21(32)11-7-18)34-23(33)14-17-2-4-19(5-3-17)24-29-15-31(30-24)20-8-12-22(13-9-20)35-25(26,27)28;/h2-13,15-16,32H,14H2,1H3;1H4. The zero-order valence-electron chi connectivity index (χ0n) is 18.4. The van der Waals surface area contributed by atoms with Gasteiger partial charge in [0.15, 0.2) is 5.82 Å². The van der Waals surface area contributed by atoms with Gasteiger partial charge in [0, 0.05) is 5.56 Å². The number of halogens is 3. The number of aromatic hydroxyl groups is 1. The summed E-state index contributed by atoms with van der Waals surface area (Å²) in [5.74, 6) is -0.164. The van der Waals surface area contributed by atoms with Crippen molar-refractivity contribution in [3.05, 3.63) is 90.3 Å². The quantitative estimate of drug-likeness (QED) is 0.313. The molecule has 1 unspecified atom stereocenters. The van der Waals surface area contributed by atoms with E-state index in [0.29, 0.717) is 17.1 Å². The Morgan fingerprint density at radius 2 is 1.64 bits per heavy atom. The van der Waals surface area contributed by atoms with E-state index in [2.05, 4.69) is 14.8 Å². The molecule has 0 fully saturated rings. The second-order valence-corrected chi connectivity index (χ2v) is 7.65. The molecule has 4 rings (SSSR count). The Balaban J connectivity index is 0.00000361. The number of esters is 1. The number of alkyl halides is 3. The highest BCUT2D eigenvalue weighted by molar-refractivity contribution is 5.73. The van der Waals surface area contributed by atoms with Crippen LogP contribution in [0.5, 0.6) is 11.5 Å². The lowest BCUT2D eigenvalue weighted by atomic mass is 10.1. The molecule has 1 N–H and O–H groups in total. The van der Waals surface area contributed by atoms with Gasteiger partial charge in [0.1, 0.15) is 23.9 Å². The molecule has 0 saturated heterocycles. The first kappa shape index (κ1) is 26.3. The maximum atomic E-state index is 12.3. The Morgan fingerprint density at radius 1 is 1.00 bits per heavy atom. The summed E-state index contributed by atoms with van der Waals surface area (Å²) in [6.45, 7) is 1.76. The Kier molecular flexibility index (Phi) is 7.98. The van der Waals surface area contributed by atoms with E-state index >= 15 is 0 Å². The number of phenols is 1. The highest BCUT2D eigenvalue weighted by Gasteiger charge is 2.31. The first-order valence-electron chi connectivity index (χ1n) is 10.5. The van der Waals surface area contributed by atoms with E-state index in [1.54, 1.807) is 43.3 Å². The van der Waals surface area contributed by atoms with E-state index in [0.717, 1.165) is 11.1 Å². The molecule has 1 heterocycles. The summed E-state index contributed by atoms with van der Waals surface area (Å²) >= 11 is 0. The van der Waals surface area contributed by atoms with Crippen LogP contribution in [0, 0.1) is 0 Å². The third-order valence-corrected chi connectivity index (χ3v) is 5.06. The Morgan fingerprint density at radius 3 is 2.25 bits per heavy atom. The highest BCUT2D eigenvalue weighted by Crippen LogP contribution is 2.24. The van der Waals surface area contributed by atoms with Crippen LogP contribution in [-0.4, -0.2) is 32.2 Å². The van der Waals surface area contributed by atoms with Gasteiger partial charge in [-0.1, -0.05) is 43.8 Å². The molecular weight excluding hydrogens is 475 g/mol. The number of aromatic nitrogens is 3. The van der Waals surface area contributed by atoms with Gasteiger partial charge in [-0.15, -0.1) is 18.3 Å². The summed E-state index contributed by atoms with van der Waals surface area (Å²) in [4.78, 5) is 16.6. The van der Waals surface area contributed by atoms with E-state index in [9.17, 15) is 23.1 Å². The van der Waals surface area contributed by atoms with E-state index in [1.165, 1.54) is 47.4 Å². The van der Waals surface area contributed by atoms with Crippen LogP contribution in [0.1, 0.15) is 31.6 Å². The monoisotopic (exact) mass is 499 g/mol. The van der Waals surface area contributed by atoms with Crippen LogP contribution in [-0.2, 0) is 16.0 Å². The lowest BCUT2D eigenvalue weighted by molar-refractivity contribution is -0.274.